The smallest absolute Gasteiger partial charge is 0.241 e. The van der Waals surface area contributed by atoms with E-state index in [-0.39, 0.29) is 31.2 Å². The van der Waals surface area contributed by atoms with Gasteiger partial charge in [-0.05, 0) is 49.0 Å². The average Bonchev–Trinajstić information content (AvgIpc) is 2.58. The molecule has 138 valence electrons. The van der Waals surface area contributed by atoms with Gasteiger partial charge in [0.25, 0.3) is 0 Å². The average molecular weight is 422 g/mol. The number of hydrogen-bond acceptors (Lipinski definition) is 3. The molecule has 0 aliphatic heterocycles. The third-order valence-electron chi connectivity index (χ3n) is 3.79. The molecule has 2 aromatic rings. The van der Waals surface area contributed by atoms with Gasteiger partial charge in [0.2, 0.25) is 11.8 Å². The molecule has 26 heavy (non-hydrogen) atoms. The zero-order chi connectivity index (χ0) is 19.1. The first-order valence-electron chi connectivity index (χ1n) is 8.12. The highest BCUT2D eigenvalue weighted by molar-refractivity contribution is 9.10. The summed E-state index contributed by atoms with van der Waals surface area (Å²) in [5.41, 5.74) is 6.82. The minimum absolute atomic E-state index is 0.0412. The molecular formula is C19H21BrFN3O2. The number of halogens is 2. The van der Waals surface area contributed by atoms with Crippen molar-refractivity contribution in [2.45, 2.75) is 13.0 Å². The predicted octanol–water partition coefficient (Wildman–Crippen LogP) is 2.93. The number of benzene rings is 2. The van der Waals surface area contributed by atoms with Crippen LogP contribution in [0.4, 0.5) is 10.1 Å². The van der Waals surface area contributed by atoms with Gasteiger partial charge in [0.05, 0.1) is 6.54 Å². The largest absolute Gasteiger partial charge is 0.370 e. The SMILES string of the molecule is CN(CC(=O)N(CCC(N)=O)c1ccc(F)cc1)Cc1ccc(Br)cc1. The van der Waals surface area contributed by atoms with Crippen LogP contribution >= 0.6 is 15.9 Å². The van der Waals surface area contributed by atoms with Gasteiger partial charge in [0.15, 0.2) is 0 Å². The van der Waals surface area contributed by atoms with Crippen LogP contribution in [0.5, 0.6) is 0 Å². The number of primary amides is 1. The van der Waals surface area contributed by atoms with Crippen molar-refractivity contribution in [1.82, 2.24) is 4.90 Å². The van der Waals surface area contributed by atoms with Crippen LogP contribution in [0.3, 0.4) is 0 Å². The Labute approximate surface area is 160 Å². The highest BCUT2D eigenvalue weighted by atomic mass is 79.9. The maximum absolute atomic E-state index is 13.2. The van der Waals surface area contributed by atoms with Crippen molar-refractivity contribution in [1.29, 1.82) is 0 Å². The summed E-state index contributed by atoms with van der Waals surface area (Å²) in [7, 11) is 1.84. The number of rotatable bonds is 8. The molecule has 7 heteroatoms. The standard InChI is InChI=1S/C19H21BrFN3O2/c1-23(12-14-2-4-15(20)5-3-14)13-19(26)24(11-10-18(22)25)17-8-6-16(21)7-9-17/h2-9H,10-13H2,1H3,(H2,22,25). The van der Waals surface area contributed by atoms with Crippen molar-refractivity contribution in [2.24, 2.45) is 5.73 Å². The van der Waals surface area contributed by atoms with E-state index in [9.17, 15) is 14.0 Å². The van der Waals surface area contributed by atoms with Gasteiger partial charge < -0.3 is 10.6 Å². The maximum atomic E-state index is 13.2. The number of likely N-dealkylation sites (N-methyl/N-ethyl adjacent to an activating group) is 1. The Morgan fingerprint density at radius 3 is 2.27 bits per heavy atom. The van der Waals surface area contributed by atoms with Crippen molar-refractivity contribution in [3.05, 3.63) is 64.4 Å². The molecule has 2 N–H and O–H groups in total. The zero-order valence-electron chi connectivity index (χ0n) is 14.5. The fourth-order valence-electron chi connectivity index (χ4n) is 2.51. The number of hydrogen-bond donors (Lipinski definition) is 1. The minimum atomic E-state index is -0.492. The Hall–Kier alpha value is -2.25. The molecule has 0 bridgehead atoms. The normalized spacial score (nSPS) is 10.8. The summed E-state index contributed by atoms with van der Waals surface area (Å²) >= 11 is 3.39. The molecule has 5 nitrogen and oxygen atoms in total. The van der Waals surface area contributed by atoms with Crippen molar-refractivity contribution in [3.63, 3.8) is 0 Å². The summed E-state index contributed by atoms with van der Waals surface area (Å²) < 4.78 is 14.2. The van der Waals surface area contributed by atoms with Crippen LogP contribution in [0.15, 0.2) is 53.0 Å². The van der Waals surface area contributed by atoms with Crippen LogP contribution in [0.2, 0.25) is 0 Å². The first kappa shape index (κ1) is 20.1. The molecule has 0 saturated carbocycles. The Kier molecular flexibility index (Phi) is 7.29. The molecule has 0 heterocycles. The topological polar surface area (TPSA) is 66.6 Å². The molecule has 0 spiro atoms. The Morgan fingerprint density at radius 2 is 1.69 bits per heavy atom. The quantitative estimate of drug-likeness (QED) is 0.712. The van der Waals surface area contributed by atoms with Crippen LogP contribution in [0.25, 0.3) is 0 Å². The lowest BCUT2D eigenvalue weighted by atomic mass is 10.2. The molecule has 2 aromatic carbocycles. The molecule has 0 radical (unpaired) electrons. The van der Waals surface area contributed by atoms with Gasteiger partial charge in [0, 0.05) is 29.7 Å². The van der Waals surface area contributed by atoms with Crippen LogP contribution in [-0.2, 0) is 16.1 Å². The number of anilines is 1. The van der Waals surface area contributed by atoms with E-state index in [0.717, 1.165) is 10.0 Å². The minimum Gasteiger partial charge on any atom is -0.370 e. The molecule has 0 unspecified atom stereocenters. The van der Waals surface area contributed by atoms with Crippen LogP contribution in [-0.4, -0.2) is 36.9 Å². The summed E-state index contributed by atoms with van der Waals surface area (Å²) in [5, 5.41) is 0. The second-order valence-corrected chi connectivity index (χ2v) is 6.95. The van der Waals surface area contributed by atoms with E-state index >= 15 is 0 Å². The van der Waals surface area contributed by atoms with E-state index in [0.29, 0.717) is 12.2 Å². The van der Waals surface area contributed by atoms with Crippen molar-refractivity contribution in [2.75, 3.05) is 25.0 Å². The number of carbonyl (C=O) groups is 2. The molecule has 0 fully saturated rings. The van der Waals surface area contributed by atoms with Crippen LogP contribution in [0.1, 0.15) is 12.0 Å². The van der Waals surface area contributed by atoms with E-state index in [4.69, 9.17) is 5.73 Å². The van der Waals surface area contributed by atoms with E-state index < -0.39 is 5.91 Å². The molecule has 0 aromatic heterocycles. The van der Waals surface area contributed by atoms with E-state index in [1.54, 1.807) is 0 Å². The molecule has 2 rings (SSSR count). The van der Waals surface area contributed by atoms with Crippen molar-refractivity contribution < 1.29 is 14.0 Å². The second kappa shape index (κ2) is 9.45. The molecular weight excluding hydrogens is 401 g/mol. The van der Waals surface area contributed by atoms with Gasteiger partial charge in [-0.1, -0.05) is 28.1 Å². The lowest BCUT2D eigenvalue weighted by molar-refractivity contribution is -0.119. The lowest BCUT2D eigenvalue weighted by Gasteiger charge is -2.25. The zero-order valence-corrected chi connectivity index (χ0v) is 16.1. The van der Waals surface area contributed by atoms with Crippen LogP contribution < -0.4 is 10.6 Å². The Bertz CT molecular complexity index is 750. The predicted molar refractivity (Wildman–Crippen MR) is 103 cm³/mol. The second-order valence-electron chi connectivity index (χ2n) is 6.04. The van der Waals surface area contributed by atoms with Gasteiger partial charge in [-0.15, -0.1) is 0 Å². The molecule has 0 aliphatic carbocycles. The summed E-state index contributed by atoms with van der Waals surface area (Å²) in [4.78, 5) is 27.2. The van der Waals surface area contributed by atoms with E-state index in [1.807, 2.05) is 36.2 Å². The van der Waals surface area contributed by atoms with Gasteiger partial charge in [-0.2, -0.15) is 0 Å². The molecule has 0 atom stereocenters. The summed E-state index contributed by atoms with van der Waals surface area (Å²) in [5.74, 6) is -1.06. The highest BCUT2D eigenvalue weighted by Gasteiger charge is 2.18. The molecule has 0 saturated heterocycles. The first-order valence-corrected chi connectivity index (χ1v) is 8.91. The van der Waals surface area contributed by atoms with Gasteiger partial charge >= 0.3 is 0 Å². The fourth-order valence-corrected chi connectivity index (χ4v) is 2.78. The van der Waals surface area contributed by atoms with Crippen LogP contribution in [0, 0.1) is 5.82 Å². The Morgan fingerprint density at radius 1 is 1.08 bits per heavy atom. The number of nitrogens with two attached hydrogens (primary N) is 1. The highest BCUT2D eigenvalue weighted by Crippen LogP contribution is 2.17. The fraction of sp³-hybridized carbons (Fsp3) is 0.263. The summed E-state index contributed by atoms with van der Waals surface area (Å²) in [6.45, 7) is 0.921. The summed E-state index contributed by atoms with van der Waals surface area (Å²) in [6.07, 6.45) is 0.0412. The monoisotopic (exact) mass is 421 g/mol. The van der Waals surface area contributed by atoms with Crippen molar-refractivity contribution >= 4 is 33.4 Å². The Balaban J connectivity index is 2.05. The molecule has 2 amide bonds. The maximum Gasteiger partial charge on any atom is 0.241 e. The van der Waals surface area contributed by atoms with E-state index in [2.05, 4.69) is 15.9 Å². The van der Waals surface area contributed by atoms with Gasteiger partial charge in [-0.3, -0.25) is 14.5 Å². The van der Waals surface area contributed by atoms with Crippen molar-refractivity contribution in [3.8, 4) is 0 Å². The van der Waals surface area contributed by atoms with Gasteiger partial charge in [0.1, 0.15) is 5.82 Å². The van der Waals surface area contributed by atoms with E-state index in [1.165, 1.54) is 29.2 Å². The number of nitrogens with zero attached hydrogens (tertiary/aromatic N) is 2. The number of carbonyl (C=O) groups excluding carboxylic acids is 2. The third-order valence-corrected chi connectivity index (χ3v) is 4.32. The van der Waals surface area contributed by atoms with Gasteiger partial charge in [-0.25, -0.2) is 4.39 Å². The molecule has 0 aliphatic rings. The lowest BCUT2D eigenvalue weighted by Crippen LogP contribution is -2.40. The third kappa shape index (κ3) is 6.24. The summed E-state index contributed by atoms with van der Waals surface area (Å²) in [6, 6.07) is 13.5. The number of amides is 2. The first-order chi connectivity index (χ1) is 12.3.